The summed E-state index contributed by atoms with van der Waals surface area (Å²) in [5, 5.41) is 0. The van der Waals surface area contributed by atoms with Gasteiger partial charge in [0.25, 0.3) is 6.33 Å². The number of benzene rings is 2. The summed E-state index contributed by atoms with van der Waals surface area (Å²) in [6.45, 7) is 0.130. The number of methoxy groups -OCH3 is 2. The number of Topliss-reactive ketones (excluding diaryl/α,β-unsaturated/α-hetero) is 1. The Morgan fingerprint density at radius 2 is 1.74 bits per heavy atom. The van der Waals surface area contributed by atoms with Gasteiger partial charge in [-0.1, -0.05) is 0 Å². The van der Waals surface area contributed by atoms with Crippen molar-refractivity contribution in [1.82, 2.24) is 4.98 Å². The fourth-order valence-corrected chi connectivity index (χ4v) is 2.54. The summed E-state index contributed by atoms with van der Waals surface area (Å²) in [5.74, 6) is 0.785. The van der Waals surface area contributed by atoms with Crippen molar-refractivity contribution in [3.8, 4) is 22.8 Å². The molecule has 3 aromatic rings. The van der Waals surface area contributed by atoms with E-state index in [4.69, 9.17) is 9.47 Å². The van der Waals surface area contributed by atoms with E-state index in [-0.39, 0.29) is 35.1 Å². The highest BCUT2D eigenvalue weighted by Crippen LogP contribution is 2.31. The van der Waals surface area contributed by atoms with E-state index >= 15 is 0 Å². The zero-order valence-corrected chi connectivity index (χ0v) is 16.4. The summed E-state index contributed by atoms with van der Waals surface area (Å²) >= 11 is 0. The van der Waals surface area contributed by atoms with Crippen LogP contribution in [-0.4, -0.2) is 25.0 Å². The van der Waals surface area contributed by atoms with Crippen molar-refractivity contribution in [2.24, 2.45) is 0 Å². The predicted octanol–water partition coefficient (Wildman–Crippen LogP) is 0.0793. The summed E-state index contributed by atoms with van der Waals surface area (Å²) in [6, 6.07) is 12.9. The Kier molecular flexibility index (Phi) is 7.01. The van der Waals surface area contributed by atoms with Crippen molar-refractivity contribution >= 4 is 5.78 Å². The molecule has 3 rings (SSSR count). The fourth-order valence-electron chi connectivity index (χ4n) is 2.54. The van der Waals surface area contributed by atoms with E-state index < -0.39 is 0 Å². The SMILES string of the molecule is COc1ccc(-c2cc[n+](CC(=O)c3ccc(F)cc3)cn2)cc1OC.[Br-]. The van der Waals surface area contributed by atoms with Crippen LogP contribution < -0.4 is 31.0 Å². The van der Waals surface area contributed by atoms with Crippen LogP contribution in [0.4, 0.5) is 4.39 Å². The van der Waals surface area contributed by atoms with Crippen molar-refractivity contribution in [3.63, 3.8) is 0 Å². The average Bonchev–Trinajstić information content (AvgIpc) is 2.68. The van der Waals surface area contributed by atoms with E-state index in [9.17, 15) is 9.18 Å². The molecule has 5 nitrogen and oxygen atoms in total. The third-order valence-corrected chi connectivity index (χ3v) is 3.94. The Morgan fingerprint density at radius 3 is 2.33 bits per heavy atom. The number of hydrogen-bond acceptors (Lipinski definition) is 4. The number of nitrogens with zero attached hydrogens (tertiary/aromatic N) is 2. The standard InChI is InChI=1S/C20H18FN2O3.BrH/c1-25-19-8-5-15(11-20(19)26-2)17-9-10-23(13-22-17)12-18(24)14-3-6-16(21)7-4-14;/h3-11,13H,12H2,1-2H3;1H/q+1;/p-1. The Balaban J connectivity index is 0.00000261. The molecule has 0 aliphatic carbocycles. The lowest BCUT2D eigenvalue weighted by molar-refractivity contribution is -0.686. The Hall–Kier alpha value is -2.80. The Bertz CT molecular complexity index is 916. The molecule has 0 spiro atoms. The summed E-state index contributed by atoms with van der Waals surface area (Å²) < 4.78 is 25.1. The molecule has 1 aromatic heterocycles. The maximum absolute atomic E-state index is 12.9. The maximum Gasteiger partial charge on any atom is 0.287 e. The summed E-state index contributed by atoms with van der Waals surface area (Å²) in [6.07, 6.45) is 3.37. The van der Waals surface area contributed by atoms with E-state index in [2.05, 4.69) is 4.98 Å². The minimum atomic E-state index is -0.366. The number of carbonyl (C=O) groups is 1. The fraction of sp³-hybridized carbons (Fsp3) is 0.150. The number of carbonyl (C=O) groups excluding carboxylic acids is 1. The molecule has 0 unspecified atom stereocenters. The minimum Gasteiger partial charge on any atom is -1.00 e. The van der Waals surface area contributed by atoms with E-state index in [0.717, 1.165) is 11.3 Å². The van der Waals surface area contributed by atoms with Gasteiger partial charge in [-0.05, 0) is 47.4 Å². The van der Waals surface area contributed by atoms with Gasteiger partial charge in [0.1, 0.15) is 5.82 Å². The summed E-state index contributed by atoms with van der Waals surface area (Å²) in [5.41, 5.74) is 2.08. The van der Waals surface area contributed by atoms with Crippen molar-refractivity contribution < 1.29 is 40.2 Å². The molecule has 0 aliphatic heterocycles. The third-order valence-electron chi connectivity index (χ3n) is 3.94. The Labute approximate surface area is 167 Å². The monoisotopic (exact) mass is 432 g/mol. The molecule has 140 valence electrons. The average molecular weight is 433 g/mol. The van der Waals surface area contributed by atoms with Gasteiger partial charge in [-0.3, -0.25) is 4.79 Å². The van der Waals surface area contributed by atoms with Crippen LogP contribution in [0.25, 0.3) is 11.3 Å². The van der Waals surface area contributed by atoms with Gasteiger partial charge in [-0.25, -0.2) is 8.96 Å². The zero-order valence-electron chi connectivity index (χ0n) is 14.9. The second-order valence-corrected chi connectivity index (χ2v) is 5.62. The first kappa shape index (κ1) is 20.5. The van der Waals surface area contributed by atoms with Crippen LogP contribution in [-0.2, 0) is 6.54 Å². The number of ketones is 1. The molecule has 0 fully saturated rings. The third kappa shape index (κ3) is 4.89. The molecular formula is C20H18BrFN2O3. The molecule has 0 saturated carbocycles. The number of halogens is 2. The van der Waals surface area contributed by atoms with Gasteiger partial charge in [0.05, 0.1) is 20.4 Å². The molecule has 27 heavy (non-hydrogen) atoms. The molecule has 0 N–H and O–H groups in total. The van der Waals surface area contributed by atoms with E-state index in [1.54, 1.807) is 31.3 Å². The second kappa shape index (κ2) is 9.23. The largest absolute Gasteiger partial charge is 1.00 e. The maximum atomic E-state index is 12.9. The van der Waals surface area contributed by atoms with Gasteiger partial charge >= 0.3 is 0 Å². The van der Waals surface area contributed by atoms with Crippen LogP contribution in [0.15, 0.2) is 61.1 Å². The van der Waals surface area contributed by atoms with Gasteiger partial charge in [0.15, 0.2) is 23.7 Å². The number of rotatable bonds is 6. The van der Waals surface area contributed by atoms with Crippen LogP contribution in [0.1, 0.15) is 10.4 Å². The minimum absolute atomic E-state index is 0. The molecule has 0 atom stereocenters. The normalized spacial score (nSPS) is 10.0. The summed E-state index contributed by atoms with van der Waals surface area (Å²) in [7, 11) is 3.16. The first-order valence-corrected chi connectivity index (χ1v) is 7.97. The van der Waals surface area contributed by atoms with Crippen LogP contribution in [0.3, 0.4) is 0 Å². The number of aromatic nitrogens is 2. The molecule has 0 radical (unpaired) electrons. The first-order chi connectivity index (χ1) is 12.6. The first-order valence-electron chi connectivity index (χ1n) is 7.97. The molecule has 1 heterocycles. The quantitative estimate of drug-likeness (QED) is 0.408. The predicted molar refractivity (Wildman–Crippen MR) is 93.7 cm³/mol. The number of ether oxygens (including phenoxy) is 2. The molecule has 0 saturated heterocycles. The lowest BCUT2D eigenvalue weighted by atomic mass is 10.1. The highest BCUT2D eigenvalue weighted by Gasteiger charge is 2.13. The lowest BCUT2D eigenvalue weighted by Crippen LogP contribution is -3.00. The van der Waals surface area contributed by atoms with Gasteiger partial charge in [0, 0.05) is 17.2 Å². The van der Waals surface area contributed by atoms with Gasteiger partial charge in [0.2, 0.25) is 5.78 Å². The van der Waals surface area contributed by atoms with Crippen LogP contribution in [0.5, 0.6) is 11.5 Å². The molecule has 0 amide bonds. The highest BCUT2D eigenvalue weighted by atomic mass is 79.9. The van der Waals surface area contributed by atoms with Crippen LogP contribution in [0.2, 0.25) is 0 Å². The van der Waals surface area contributed by atoms with Gasteiger partial charge in [-0.15, -0.1) is 0 Å². The smallest absolute Gasteiger partial charge is 0.287 e. The van der Waals surface area contributed by atoms with Gasteiger partial charge in [-0.2, -0.15) is 0 Å². The lowest BCUT2D eigenvalue weighted by Gasteiger charge is -2.08. The van der Waals surface area contributed by atoms with Gasteiger partial charge < -0.3 is 26.5 Å². The van der Waals surface area contributed by atoms with E-state index in [1.165, 1.54) is 24.3 Å². The van der Waals surface area contributed by atoms with Crippen molar-refractivity contribution in [2.45, 2.75) is 6.54 Å². The second-order valence-electron chi connectivity index (χ2n) is 5.62. The van der Waals surface area contributed by atoms with E-state index in [0.29, 0.717) is 17.1 Å². The highest BCUT2D eigenvalue weighted by molar-refractivity contribution is 5.94. The zero-order chi connectivity index (χ0) is 18.5. The van der Waals surface area contributed by atoms with Crippen molar-refractivity contribution in [2.75, 3.05) is 14.2 Å². The van der Waals surface area contributed by atoms with Crippen molar-refractivity contribution in [3.05, 3.63) is 72.4 Å². The van der Waals surface area contributed by atoms with Crippen LogP contribution in [0, 0.1) is 5.82 Å². The topological polar surface area (TPSA) is 52.3 Å². The molecular weight excluding hydrogens is 415 g/mol. The van der Waals surface area contributed by atoms with Crippen LogP contribution >= 0.6 is 0 Å². The van der Waals surface area contributed by atoms with E-state index in [1.807, 2.05) is 24.3 Å². The Morgan fingerprint density at radius 1 is 1.04 bits per heavy atom. The molecule has 7 heteroatoms. The van der Waals surface area contributed by atoms with Crippen molar-refractivity contribution in [1.29, 1.82) is 0 Å². The molecule has 2 aromatic carbocycles. The summed E-state index contributed by atoms with van der Waals surface area (Å²) in [4.78, 5) is 16.6. The molecule has 0 bridgehead atoms. The molecule has 0 aliphatic rings. The number of hydrogen-bond donors (Lipinski definition) is 0.